The molecule has 0 aromatic heterocycles. The van der Waals surface area contributed by atoms with Gasteiger partial charge in [-0.05, 0) is 52.4 Å². The van der Waals surface area contributed by atoms with Crippen LogP contribution in [0.25, 0.3) is 0 Å². The summed E-state index contributed by atoms with van der Waals surface area (Å²) in [6.07, 6.45) is 13.4. The van der Waals surface area contributed by atoms with Gasteiger partial charge in [0.2, 0.25) is 0 Å². The van der Waals surface area contributed by atoms with Crippen LogP contribution in [0.3, 0.4) is 0 Å². The van der Waals surface area contributed by atoms with Crippen molar-refractivity contribution in [1.82, 2.24) is 0 Å². The molecule has 2 nitrogen and oxygen atoms in total. The SMILES string of the molecule is CC1(O)/C=C\CCCC/C=C/C(C)(O)CC1. The van der Waals surface area contributed by atoms with Crippen molar-refractivity contribution in [3.63, 3.8) is 0 Å². The Morgan fingerprint density at radius 1 is 0.812 bits per heavy atom. The standard InChI is InChI=1S/C14H24O2/c1-13(15)9-7-5-3-4-6-8-10-14(2,16)12-11-13/h7-10,15-16H,3-6,11-12H2,1-2H3/b9-7-,10-8+. The maximum atomic E-state index is 10.1. The van der Waals surface area contributed by atoms with Gasteiger partial charge >= 0.3 is 0 Å². The highest BCUT2D eigenvalue weighted by Crippen LogP contribution is 2.23. The zero-order chi connectivity index (χ0) is 12.1. The molecular weight excluding hydrogens is 200 g/mol. The molecule has 0 fully saturated rings. The maximum absolute atomic E-state index is 10.1. The molecule has 2 unspecified atom stereocenters. The van der Waals surface area contributed by atoms with Crippen LogP contribution in [-0.4, -0.2) is 21.4 Å². The third kappa shape index (κ3) is 5.47. The third-order valence-corrected chi connectivity index (χ3v) is 3.08. The first-order valence-electron chi connectivity index (χ1n) is 6.21. The summed E-state index contributed by atoms with van der Waals surface area (Å²) in [5, 5.41) is 20.1. The number of aliphatic hydroxyl groups is 2. The van der Waals surface area contributed by atoms with Crippen molar-refractivity contribution in [2.75, 3.05) is 0 Å². The highest BCUT2D eigenvalue weighted by atomic mass is 16.3. The smallest absolute Gasteiger partial charge is 0.0800 e. The van der Waals surface area contributed by atoms with Gasteiger partial charge in [-0.25, -0.2) is 0 Å². The molecule has 0 aromatic rings. The largest absolute Gasteiger partial charge is 0.386 e. The zero-order valence-corrected chi connectivity index (χ0v) is 10.4. The molecule has 1 aliphatic carbocycles. The summed E-state index contributed by atoms with van der Waals surface area (Å²) in [5.74, 6) is 0. The van der Waals surface area contributed by atoms with Crippen LogP contribution in [0.5, 0.6) is 0 Å². The van der Waals surface area contributed by atoms with Crippen LogP contribution in [0, 0.1) is 0 Å². The van der Waals surface area contributed by atoms with Gasteiger partial charge in [-0.15, -0.1) is 0 Å². The van der Waals surface area contributed by atoms with Gasteiger partial charge in [0.05, 0.1) is 11.2 Å². The van der Waals surface area contributed by atoms with Crippen molar-refractivity contribution in [3.05, 3.63) is 24.3 Å². The maximum Gasteiger partial charge on any atom is 0.0800 e. The number of hydrogen-bond acceptors (Lipinski definition) is 2. The molecule has 0 saturated heterocycles. The molecule has 2 atom stereocenters. The molecule has 0 radical (unpaired) electrons. The minimum absolute atomic E-state index is 0.584. The molecule has 16 heavy (non-hydrogen) atoms. The van der Waals surface area contributed by atoms with Crippen LogP contribution in [0.1, 0.15) is 52.4 Å². The molecule has 0 aliphatic heterocycles. The Morgan fingerprint density at radius 2 is 1.19 bits per heavy atom. The quantitative estimate of drug-likeness (QED) is 0.621. The van der Waals surface area contributed by atoms with Gasteiger partial charge in [-0.2, -0.15) is 0 Å². The lowest BCUT2D eigenvalue weighted by molar-refractivity contribution is 0.0475. The van der Waals surface area contributed by atoms with Crippen LogP contribution in [0.2, 0.25) is 0 Å². The Kier molecular flexibility index (Phi) is 4.75. The lowest BCUT2D eigenvalue weighted by atomic mass is 9.90. The molecule has 1 rings (SSSR count). The van der Waals surface area contributed by atoms with Crippen molar-refractivity contribution >= 4 is 0 Å². The monoisotopic (exact) mass is 224 g/mol. The highest BCUT2D eigenvalue weighted by molar-refractivity contribution is 5.03. The fourth-order valence-corrected chi connectivity index (χ4v) is 1.87. The van der Waals surface area contributed by atoms with Gasteiger partial charge in [-0.3, -0.25) is 0 Å². The normalized spacial score (nSPS) is 41.8. The predicted octanol–water partition coefficient (Wildman–Crippen LogP) is 2.96. The molecule has 0 bridgehead atoms. The van der Waals surface area contributed by atoms with E-state index in [0.717, 1.165) is 25.7 Å². The first-order chi connectivity index (χ1) is 7.41. The lowest BCUT2D eigenvalue weighted by Crippen LogP contribution is -2.28. The van der Waals surface area contributed by atoms with Crippen molar-refractivity contribution in [1.29, 1.82) is 0 Å². The van der Waals surface area contributed by atoms with E-state index in [1.807, 2.05) is 12.2 Å². The fourth-order valence-electron chi connectivity index (χ4n) is 1.87. The summed E-state index contributed by atoms with van der Waals surface area (Å²) in [6.45, 7) is 3.60. The summed E-state index contributed by atoms with van der Waals surface area (Å²) < 4.78 is 0. The van der Waals surface area contributed by atoms with E-state index in [4.69, 9.17) is 0 Å². The Morgan fingerprint density at radius 3 is 1.56 bits per heavy atom. The Bertz CT molecular complexity index is 234. The first-order valence-corrected chi connectivity index (χ1v) is 6.21. The molecule has 92 valence electrons. The summed E-state index contributed by atoms with van der Waals surface area (Å²) in [4.78, 5) is 0. The van der Waals surface area contributed by atoms with Crippen LogP contribution >= 0.6 is 0 Å². The Hall–Kier alpha value is -0.600. The molecule has 2 heteroatoms. The minimum Gasteiger partial charge on any atom is -0.386 e. The highest BCUT2D eigenvalue weighted by Gasteiger charge is 2.23. The van der Waals surface area contributed by atoms with Crippen LogP contribution in [0.15, 0.2) is 24.3 Å². The predicted molar refractivity (Wildman–Crippen MR) is 67.2 cm³/mol. The summed E-state index contributed by atoms with van der Waals surface area (Å²) in [7, 11) is 0. The molecule has 0 heterocycles. The van der Waals surface area contributed by atoms with Gasteiger partial charge in [0, 0.05) is 0 Å². The van der Waals surface area contributed by atoms with Crippen molar-refractivity contribution in [2.24, 2.45) is 0 Å². The second-order valence-electron chi connectivity index (χ2n) is 5.30. The second-order valence-corrected chi connectivity index (χ2v) is 5.30. The van der Waals surface area contributed by atoms with Crippen LogP contribution in [0.4, 0.5) is 0 Å². The van der Waals surface area contributed by atoms with E-state index >= 15 is 0 Å². The van der Waals surface area contributed by atoms with E-state index in [0.29, 0.717) is 12.8 Å². The van der Waals surface area contributed by atoms with E-state index in [-0.39, 0.29) is 0 Å². The van der Waals surface area contributed by atoms with E-state index in [2.05, 4.69) is 12.2 Å². The number of hydrogen-bond donors (Lipinski definition) is 2. The van der Waals surface area contributed by atoms with E-state index in [1.165, 1.54) is 0 Å². The number of allylic oxidation sites excluding steroid dienone is 2. The van der Waals surface area contributed by atoms with Crippen molar-refractivity contribution < 1.29 is 10.2 Å². The lowest BCUT2D eigenvalue weighted by Gasteiger charge is -2.25. The van der Waals surface area contributed by atoms with Gasteiger partial charge in [0.15, 0.2) is 0 Å². The average Bonchev–Trinajstić information content (AvgIpc) is 2.18. The van der Waals surface area contributed by atoms with Gasteiger partial charge < -0.3 is 10.2 Å². The van der Waals surface area contributed by atoms with Crippen LogP contribution < -0.4 is 0 Å². The van der Waals surface area contributed by atoms with E-state index in [1.54, 1.807) is 13.8 Å². The third-order valence-electron chi connectivity index (χ3n) is 3.08. The van der Waals surface area contributed by atoms with Gasteiger partial charge in [0.25, 0.3) is 0 Å². The molecule has 1 aliphatic rings. The minimum atomic E-state index is -0.795. The van der Waals surface area contributed by atoms with Gasteiger partial charge in [0.1, 0.15) is 0 Å². The molecule has 2 N–H and O–H groups in total. The molecule has 0 spiro atoms. The molecular formula is C14H24O2. The fraction of sp³-hybridized carbons (Fsp3) is 0.714. The molecule has 0 aromatic carbocycles. The van der Waals surface area contributed by atoms with E-state index < -0.39 is 11.2 Å². The molecule has 0 amide bonds. The number of rotatable bonds is 0. The first kappa shape index (κ1) is 13.5. The van der Waals surface area contributed by atoms with Gasteiger partial charge in [-0.1, -0.05) is 24.3 Å². The summed E-state index contributed by atoms with van der Waals surface area (Å²) in [6, 6.07) is 0. The van der Waals surface area contributed by atoms with Crippen LogP contribution in [-0.2, 0) is 0 Å². The average molecular weight is 224 g/mol. The summed E-state index contributed by atoms with van der Waals surface area (Å²) >= 11 is 0. The zero-order valence-electron chi connectivity index (χ0n) is 10.4. The Labute approximate surface area is 98.7 Å². The summed E-state index contributed by atoms with van der Waals surface area (Å²) in [5.41, 5.74) is -1.59. The topological polar surface area (TPSA) is 40.5 Å². The van der Waals surface area contributed by atoms with E-state index in [9.17, 15) is 10.2 Å². The van der Waals surface area contributed by atoms with Crippen molar-refractivity contribution in [3.8, 4) is 0 Å². The molecule has 0 saturated carbocycles. The second kappa shape index (κ2) is 5.65. The Balaban J connectivity index is 2.66. The van der Waals surface area contributed by atoms with Crippen molar-refractivity contribution in [2.45, 2.75) is 63.6 Å².